The topological polar surface area (TPSA) is 40.5 Å². The lowest BCUT2D eigenvalue weighted by molar-refractivity contribution is 0.155. The molecule has 2 N–H and O–H groups in total. The van der Waals surface area contributed by atoms with Gasteiger partial charge in [0.15, 0.2) is 0 Å². The maximum Gasteiger partial charge on any atom is 0.0520 e. The number of hydrogen-bond acceptors (Lipinski definition) is 2. The van der Waals surface area contributed by atoms with E-state index < -0.39 is 0 Å². The fraction of sp³-hybridized carbons (Fsp3) is 0.667. The summed E-state index contributed by atoms with van der Waals surface area (Å²) < 4.78 is 0. The molecular weight excluding hydrogens is 248 g/mol. The van der Waals surface area contributed by atoms with Crippen molar-refractivity contribution in [3.05, 3.63) is 35.4 Å². The molecule has 0 fully saturated rings. The summed E-state index contributed by atoms with van der Waals surface area (Å²) in [5, 5.41) is 19.2. The fourth-order valence-corrected chi connectivity index (χ4v) is 3.09. The van der Waals surface area contributed by atoms with E-state index in [1.165, 1.54) is 11.1 Å². The summed E-state index contributed by atoms with van der Waals surface area (Å²) in [7, 11) is 0. The van der Waals surface area contributed by atoms with Crippen molar-refractivity contribution in [2.75, 3.05) is 0 Å². The first-order chi connectivity index (χ1) is 9.04. The van der Waals surface area contributed by atoms with Gasteiger partial charge in [0, 0.05) is 0 Å². The summed E-state index contributed by atoms with van der Waals surface area (Å²) in [5.41, 5.74) is 2.44. The van der Waals surface area contributed by atoms with Gasteiger partial charge in [-0.25, -0.2) is 0 Å². The van der Waals surface area contributed by atoms with E-state index in [1.807, 2.05) is 13.8 Å². The quantitative estimate of drug-likeness (QED) is 0.831. The molecule has 2 unspecified atom stereocenters. The summed E-state index contributed by atoms with van der Waals surface area (Å²) in [6.07, 6.45) is 0.917. The highest BCUT2D eigenvalue weighted by molar-refractivity contribution is 5.32. The van der Waals surface area contributed by atoms with Gasteiger partial charge in [-0.2, -0.15) is 0 Å². The number of aliphatic hydroxyl groups excluding tert-OH is 2. The Bertz CT molecular complexity index is 373. The molecule has 0 amide bonds. The Labute approximate surface area is 123 Å². The molecule has 1 aromatic rings. The Hall–Kier alpha value is -0.860. The molecule has 2 atom stereocenters. The van der Waals surface area contributed by atoms with Crippen molar-refractivity contribution < 1.29 is 10.2 Å². The molecule has 1 aromatic carbocycles. The second kappa shape index (κ2) is 6.28. The van der Waals surface area contributed by atoms with Crippen LogP contribution in [0.5, 0.6) is 0 Å². The minimum Gasteiger partial charge on any atom is -0.393 e. The van der Waals surface area contributed by atoms with Crippen LogP contribution in [0.3, 0.4) is 0 Å². The minimum atomic E-state index is -0.295. The number of hydrogen-bond donors (Lipinski definition) is 2. The molecule has 0 spiro atoms. The monoisotopic (exact) mass is 278 g/mol. The van der Waals surface area contributed by atoms with Crippen molar-refractivity contribution in [1.82, 2.24) is 0 Å². The molecule has 0 saturated carbocycles. The second-order valence-electron chi connectivity index (χ2n) is 7.45. The van der Waals surface area contributed by atoms with Gasteiger partial charge in [0.1, 0.15) is 0 Å². The fourth-order valence-electron chi connectivity index (χ4n) is 3.09. The van der Waals surface area contributed by atoms with Crippen molar-refractivity contribution in [1.29, 1.82) is 0 Å². The van der Waals surface area contributed by atoms with Crippen LogP contribution in [0.2, 0.25) is 0 Å². The Morgan fingerprint density at radius 2 is 1.00 bits per heavy atom. The van der Waals surface area contributed by atoms with Crippen molar-refractivity contribution in [3.8, 4) is 0 Å². The van der Waals surface area contributed by atoms with Crippen LogP contribution in [0.4, 0.5) is 0 Å². The van der Waals surface area contributed by atoms with Crippen molar-refractivity contribution in [2.45, 2.75) is 77.4 Å². The molecule has 0 bridgehead atoms. The van der Waals surface area contributed by atoms with E-state index >= 15 is 0 Å². The highest BCUT2D eigenvalue weighted by Gasteiger charge is 2.25. The van der Waals surface area contributed by atoms with Gasteiger partial charge in [0.05, 0.1) is 12.2 Å². The Balaban J connectivity index is 2.94. The van der Waals surface area contributed by atoms with E-state index in [0.717, 1.165) is 12.8 Å². The first-order valence-corrected chi connectivity index (χ1v) is 7.52. The average Bonchev–Trinajstić information content (AvgIpc) is 2.25. The number of rotatable bonds is 6. The van der Waals surface area contributed by atoms with Crippen molar-refractivity contribution >= 4 is 0 Å². The summed E-state index contributed by atoms with van der Waals surface area (Å²) >= 11 is 0. The molecule has 0 aliphatic heterocycles. The number of benzene rings is 1. The third-order valence-corrected chi connectivity index (χ3v) is 4.06. The maximum atomic E-state index is 9.60. The summed E-state index contributed by atoms with van der Waals surface area (Å²) in [6, 6.07) is 8.62. The predicted octanol–water partition coefficient (Wildman–Crippen LogP) is 3.78. The van der Waals surface area contributed by atoms with Crippen LogP contribution in [0.1, 0.15) is 65.5 Å². The first kappa shape index (κ1) is 17.2. The molecule has 0 aliphatic carbocycles. The third kappa shape index (κ3) is 4.60. The molecular formula is C18H30O2. The average molecular weight is 278 g/mol. The summed E-state index contributed by atoms with van der Waals surface area (Å²) in [4.78, 5) is 0. The SMILES string of the molecule is CC(O)CC(C)(C)c1ccc(C(C)(C)CC(C)O)cc1. The standard InChI is InChI=1S/C18H30O2/c1-13(19)11-17(3,4)15-7-9-16(10-8-15)18(5,6)12-14(2)20/h7-10,13-14,19-20H,11-12H2,1-6H3. The van der Waals surface area contributed by atoms with Crippen molar-refractivity contribution in [2.24, 2.45) is 0 Å². The zero-order valence-electron chi connectivity index (χ0n) is 13.8. The molecule has 0 heterocycles. The lowest BCUT2D eigenvalue weighted by Crippen LogP contribution is -2.25. The molecule has 1 rings (SSSR count). The zero-order valence-corrected chi connectivity index (χ0v) is 13.8. The molecule has 0 saturated heterocycles. The van der Waals surface area contributed by atoms with Gasteiger partial charge in [0.25, 0.3) is 0 Å². The highest BCUT2D eigenvalue weighted by atomic mass is 16.3. The summed E-state index contributed by atoms with van der Waals surface area (Å²) in [6.45, 7) is 12.3. The molecule has 2 heteroatoms. The van der Waals surface area contributed by atoms with Gasteiger partial charge in [-0.3, -0.25) is 0 Å². The van der Waals surface area contributed by atoms with Gasteiger partial charge in [0.2, 0.25) is 0 Å². The molecule has 20 heavy (non-hydrogen) atoms. The predicted molar refractivity (Wildman–Crippen MR) is 85.1 cm³/mol. The highest BCUT2D eigenvalue weighted by Crippen LogP contribution is 2.32. The molecule has 114 valence electrons. The Kier molecular flexibility index (Phi) is 5.39. The van der Waals surface area contributed by atoms with Crippen LogP contribution in [-0.4, -0.2) is 22.4 Å². The third-order valence-electron chi connectivity index (χ3n) is 4.06. The largest absolute Gasteiger partial charge is 0.393 e. The second-order valence-corrected chi connectivity index (χ2v) is 7.45. The van der Waals surface area contributed by atoms with Crippen LogP contribution in [0.15, 0.2) is 24.3 Å². The Morgan fingerprint density at radius 1 is 0.750 bits per heavy atom. The van der Waals surface area contributed by atoms with Gasteiger partial charge in [-0.05, 0) is 48.6 Å². The van der Waals surface area contributed by atoms with Gasteiger partial charge >= 0.3 is 0 Å². The van der Waals surface area contributed by atoms with Crippen LogP contribution < -0.4 is 0 Å². The van der Waals surface area contributed by atoms with E-state index in [4.69, 9.17) is 0 Å². The molecule has 0 aromatic heterocycles. The summed E-state index contributed by atoms with van der Waals surface area (Å²) in [5.74, 6) is 0. The van der Waals surface area contributed by atoms with Gasteiger partial charge in [-0.1, -0.05) is 52.0 Å². The van der Waals surface area contributed by atoms with Crippen LogP contribution in [0.25, 0.3) is 0 Å². The lowest BCUT2D eigenvalue weighted by Gasteiger charge is -2.30. The van der Waals surface area contributed by atoms with Gasteiger partial charge < -0.3 is 10.2 Å². The van der Waals surface area contributed by atoms with Crippen LogP contribution >= 0.6 is 0 Å². The molecule has 0 aliphatic rings. The Morgan fingerprint density at radius 3 is 1.20 bits per heavy atom. The van der Waals surface area contributed by atoms with Crippen LogP contribution in [-0.2, 0) is 10.8 Å². The van der Waals surface area contributed by atoms with E-state index in [1.54, 1.807) is 0 Å². The molecule has 0 radical (unpaired) electrons. The zero-order chi connectivity index (χ0) is 15.6. The van der Waals surface area contributed by atoms with Crippen LogP contribution in [0, 0.1) is 0 Å². The number of aliphatic hydroxyl groups is 2. The van der Waals surface area contributed by atoms with E-state index in [2.05, 4.69) is 52.0 Å². The van der Waals surface area contributed by atoms with E-state index in [0.29, 0.717) is 0 Å². The van der Waals surface area contributed by atoms with Gasteiger partial charge in [-0.15, -0.1) is 0 Å². The smallest absolute Gasteiger partial charge is 0.0520 e. The normalized spacial score (nSPS) is 16.0. The van der Waals surface area contributed by atoms with E-state index in [-0.39, 0.29) is 23.0 Å². The van der Waals surface area contributed by atoms with E-state index in [9.17, 15) is 10.2 Å². The first-order valence-electron chi connectivity index (χ1n) is 7.52. The lowest BCUT2D eigenvalue weighted by atomic mass is 9.76. The minimum absolute atomic E-state index is 0.0267. The van der Waals surface area contributed by atoms with Crippen molar-refractivity contribution in [3.63, 3.8) is 0 Å². The maximum absolute atomic E-state index is 9.60. The molecule has 2 nitrogen and oxygen atoms in total.